The van der Waals surface area contributed by atoms with E-state index >= 15 is 0 Å². The number of halogens is 2. The molecule has 0 radical (unpaired) electrons. The molecule has 0 aliphatic carbocycles. The maximum absolute atomic E-state index is 13.1. The number of ether oxygens (including phenoxy) is 1. The van der Waals surface area contributed by atoms with E-state index in [2.05, 4.69) is 10.6 Å². The highest BCUT2D eigenvalue weighted by atomic mass is 35.5. The molecule has 0 unspecified atom stereocenters. The Kier molecular flexibility index (Phi) is 7.86. The first-order chi connectivity index (χ1) is 17.8. The fourth-order valence-corrected chi connectivity index (χ4v) is 4.49. The molecule has 1 heterocycles. The van der Waals surface area contributed by atoms with E-state index in [-0.39, 0.29) is 22.3 Å². The van der Waals surface area contributed by atoms with Gasteiger partial charge in [0.2, 0.25) is 0 Å². The molecule has 3 aromatic carbocycles. The average Bonchev–Trinajstić information content (AvgIpc) is 3.11. The fourth-order valence-electron chi connectivity index (χ4n) is 4.11. The van der Waals surface area contributed by atoms with Crippen molar-refractivity contribution in [3.05, 3.63) is 93.1 Å². The second-order valence-corrected chi connectivity index (χ2v) is 9.08. The van der Waals surface area contributed by atoms with Gasteiger partial charge in [0.1, 0.15) is 16.5 Å². The number of amides is 3. The Hall–Kier alpha value is -3.81. The average molecular weight is 538 g/mol. The zero-order valence-corrected chi connectivity index (χ0v) is 22.0. The summed E-state index contributed by atoms with van der Waals surface area (Å²) < 4.78 is 5.28. The zero-order valence-electron chi connectivity index (χ0n) is 20.5. The van der Waals surface area contributed by atoms with E-state index in [1.807, 2.05) is 32.0 Å². The molecule has 0 fully saturated rings. The van der Waals surface area contributed by atoms with Gasteiger partial charge in [0.15, 0.2) is 0 Å². The molecule has 37 heavy (non-hydrogen) atoms. The van der Waals surface area contributed by atoms with Crippen LogP contribution in [0.3, 0.4) is 0 Å². The first-order valence-corrected chi connectivity index (χ1v) is 12.5. The second-order valence-electron chi connectivity index (χ2n) is 8.27. The zero-order chi connectivity index (χ0) is 26.7. The highest BCUT2D eigenvalue weighted by Crippen LogP contribution is 2.37. The summed E-state index contributed by atoms with van der Waals surface area (Å²) in [6.45, 7) is 4.09. The monoisotopic (exact) mass is 537 g/mol. The van der Waals surface area contributed by atoms with Crippen molar-refractivity contribution in [3.63, 3.8) is 0 Å². The standard InChI is InChI=1S/C28H25Cl2N3O4/c1-4-16-7-6-8-17(5-2)24(16)32-26(34)18-9-12-20(13-10-18)31-25-23(30)27(35)33(28(25)36)21-15-19(29)11-14-22(21)37-3/h6-15,31H,4-5H2,1-3H3,(H,32,34). The van der Waals surface area contributed by atoms with Crippen LogP contribution in [-0.2, 0) is 22.4 Å². The molecule has 0 spiro atoms. The Bertz CT molecular complexity index is 1400. The molecule has 3 aromatic rings. The maximum atomic E-state index is 13.1. The van der Waals surface area contributed by atoms with E-state index in [1.165, 1.54) is 13.2 Å². The number of para-hydroxylation sites is 1. The van der Waals surface area contributed by atoms with Crippen molar-refractivity contribution in [2.24, 2.45) is 0 Å². The van der Waals surface area contributed by atoms with Gasteiger partial charge in [-0.3, -0.25) is 14.4 Å². The van der Waals surface area contributed by atoms with Crippen molar-refractivity contribution in [2.75, 3.05) is 22.6 Å². The second kappa shape index (κ2) is 11.1. The van der Waals surface area contributed by atoms with Crippen molar-refractivity contribution in [2.45, 2.75) is 26.7 Å². The summed E-state index contributed by atoms with van der Waals surface area (Å²) in [4.78, 5) is 39.9. The molecule has 7 nitrogen and oxygen atoms in total. The Labute approximate surface area is 225 Å². The summed E-state index contributed by atoms with van der Waals surface area (Å²) in [7, 11) is 1.42. The third-order valence-corrected chi connectivity index (χ3v) is 6.65. The summed E-state index contributed by atoms with van der Waals surface area (Å²) in [6, 6.07) is 17.1. The predicted octanol–water partition coefficient (Wildman–Crippen LogP) is 6.16. The van der Waals surface area contributed by atoms with Crippen molar-refractivity contribution in [1.82, 2.24) is 0 Å². The molecule has 4 rings (SSSR count). The molecule has 1 aliphatic rings. The number of methoxy groups -OCH3 is 1. The van der Waals surface area contributed by atoms with Gasteiger partial charge >= 0.3 is 0 Å². The van der Waals surface area contributed by atoms with Gasteiger partial charge in [0, 0.05) is 22.0 Å². The smallest absolute Gasteiger partial charge is 0.283 e. The minimum atomic E-state index is -0.702. The maximum Gasteiger partial charge on any atom is 0.283 e. The number of benzene rings is 3. The topological polar surface area (TPSA) is 87.7 Å². The first-order valence-electron chi connectivity index (χ1n) is 11.7. The van der Waals surface area contributed by atoms with Gasteiger partial charge in [-0.1, -0.05) is 55.2 Å². The van der Waals surface area contributed by atoms with Crippen LogP contribution < -0.4 is 20.3 Å². The molecule has 190 valence electrons. The van der Waals surface area contributed by atoms with Crippen molar-refractivity contribution in [1.29, 1.82) is 0 Å². The lowest BCUT2D eigenvalue weighted by atomic mass is 10.0. The number of anilines is 3. The molecule has 0 bridgehead atoms. The number of carbonyl (C=O) groups is 3. The number of hydrogen-bond donors (Lipinski definition) is 2. The molecule has 0 saturated heterocycles. The van der Waals surface area contributed by atoms with Crippen molar-refractivity contribution >= 4 is 58.0 Å². The number of carbonyl (C=O) groups excluding carboxylic acids is 3. The molecular formula is C28H25Cl2N3O4. The third kappa shape index (κ3) is 5.19. The SMILES string of the molecule is CCc1cccc(CC)c1NC(=O)c1ccc(NC2=C(Cl)C(=O)N(c3cc(Cl)ccc3OC)C2=O)cc1. The van der Waals surface area contributed by atoms with E-state index in [9.17, 15) is 14.4 Å². The first kappa shape index (κ1) is 26.3. The Morgan fingerprint density at radius 2 is 1.57 bits per heavy atom. The highest BCUT2D eigenvalue weighted by molar-refractivity contribution is 6.53. The van der Waals surface area contributed by atoms with E-state index in [1.54, 1.807) is 36.4 Å². The van der Waals surface area contributed by atoms with Crippen LogP contribution in [0.4, 0.5) is 17.1 Å². The van der Waals surface area contributed by atoms with Crippen molar-refractivity contribution < 1.29 is 19.1 Å². The molecule has 0 saturated carbocycles. The van der Waals surface area contributed by atoms with Crippen LogP contribution in [0.25, 0.3) is 0 Å². The summed E-state index contributed by atoms with van der Waals surface area (Å²) in [5.41, 5.74) is 3.99. The van der Waals surface area contributed by atoms with Gasteiger partial charge < -0.3 is 15.4 Å². The molecule has 2 N–H and O–H groups in total. The van der Waals surface area contributed by atoms with Crippen LogP contribution in [-0.4, -0.2) is 24.8 Å². The van der Waals surface area contributed by atoms with Crippen molar-refractivity contribution in [3.8, 4) is 5.75 Å². The van der Waals surface area contributed by atoms with Gasteiger partial charge in [0.25, 0.3) is 17.7 Å². The summed E-state index contributed by atoms with van der Waals surface area (Å²) >= 11 is 12.3. The van der Waals surface area contributed by atoms with Gasteiger partial charge in [-0.25, -0.2) is 4.90 Å². The molecule has 0 atom stereocenters. The molecule has 0 aromatic heterocycles. The number of hydrogen-bond acceptors (Lipinski definition) is 5. The molecular weight excluding hydrogens is 513 g/mol. The molecule has 9 heteroatoms. The third-order valence-electron chi connectivity index (χ3n) is 6.06. The normalized spacial score (nSPS) is 13.3. The van der Waals surface area contributed by atoms with E-state index < -0.39 is 11.8 Å². The number of nitrogens with zero attached hydrogens (tertiary/aromatic N) is 1. The minimum Gasteiger partial charge on any atom is -0.495 e. The van der Waals surface area contributed by atoms with E-state index in [0.717, 1.165) is 34.6 Å². The van der Waals surface area contributed by atoms with E-state index in [4.69, 9.17) is 27.9 Å². The number of aryl methyl sites for hydroxylation is 2. The minimum absolute atomic E-state index is 0.0876. The fraction of sp³-hybridized carbons (Fsp3) is 0.179. The predicted molar refractivity (Wildman–Crippen MR) is 147 cm³/mol. The molecule has 1 aliphatic heterocycles. The number of imide groups is 1. The Morgan fingerprint density at radius 1 is 0.919 bits per heavy atom. The van der Waals surface area contributed by atoms with Gasteiger partial charge in [-0.05, 0) is 66.4 Å². The lowest BCUT2D eigenvalue weighted by molar-refractivity contribution is -0.120. The Balaban J connectivity index is 1.53. The molecule has 3 amide bonds. The van der Waals surface area contributed by atoms with Crippen LogP contribution in [0, 0.1) is 0 Å². The van der Waals surface area contributed by atoms with Crippen LogP contribution >= 0.6 is 23.2 Å². The summed E-state index contributed by atoms with van der Waals surface area (Å²) in [6.07, 6.45) is 1.60. The Morgan fingerprint density at radius 3 is 2.16 bits per heavy atom. The highest BCUT2D eigenvalue weighted by Gasteiger charge is 2.40. The van der Waals surface area contributed by atoms with Gasteiger partial charge in [0.05, 0.1) is 12.8 Å². The van der Waals surface area contributed by atoms with Gasteiger partial charge in [-0.2, -0.15) is 0 Å². The quantitative estimate of drug-likeness (QED) is 0.336. The van der Waals surface area contributed by atoms with Gasteiger partial charge in [-0.15, -0.1) is 0 Å². The van der Waals surface area contributed by atoms with Crippen LogP contribution in [0.2, 0.25) is 5.02 Å². The van der Waals surface area contributed by atoms with E-state index in [0.29, 0.717) is 22.0 Å². The lowest BCUT2D eigenvalue weighted by Crippen LogP contribution is -2.32. The number of nitrogens with one attached hydrogen (secondary N) is 2. The number of rotatable bonds is 8. The van der Waals surface area contributed by atoms with Crippen LogP contribution in [0.5, 0.6) is 5.75 Å². The lowest BCUT2D eigenvalue weighted by Gasteiger charge is -2.18. The van der Waals surface area contributed by atoms with Crippen LogP contribution in [0.1, 0.15) is 35.3 Å². The summed E-state index contributed by atoms with van der Waals surface area (Å²) in [5.74, 6) is -1.30. The summed E-state index contributed by atoms with van der Waals surface area (Å²) in [5, 5.41) is 6.00. The largest absolute Gasteiger partial charge is 0.495 e. The van der Waals surface area contributed by atoms with Crippen LogP contribution in [0.15, 0.2) is 71.4 Å².